The van der Waals surface area contributed by atoms with Crippen molar-refractivity contribution in [1.82, 2.24) is 4.98 Å². The third-order valence-corrected chi connectivity index (χ3v) is 2.53. The van der Waals surface area contributed by atoms with E-state index >= 15 is 0 Å². The molecular formula is C13H8ClNO3. The Morgan fingerprint density at radius 2 is 1.61 bits per heavy atom. The van der Waals surface area contributed by atoms with Crippen molar-refractivity contribution in [2.45, 2.75) is 0 Å². The molecule has 0 amide bonds. The van der Waals surface area contributed by atoms with Gasteiger partial charge in [-0.3, -0.25) is 9.59 Å². The van der Waals surface area contributed by atoms with E-state index in [2.05, 4.69) is 4.98 Å². The number of rotatable bonds is 3. The van der Waals surface area contributed by atoms with Crippen molar-refractivity contribution in [2.24, 2.45) is 0 Å². The first-order valence-corrected chi connectivity index (χ1v) is 5.45. The molecule has 0 saturated carbocycles. The van der Waals surface area contributed by atoms with E-state index < -0.39 is 11.6 Å². The van der Waals surface area contributed by atoms with Crippen LogP contribution in [-0.4, -0.2) is 21.7 Å². The lowest BCUT2D eigenvalue weighted by Crippen LogP contribution is -2.14. The van der Waals surface area contributed by atoms with Gasteiger partial charge in [0.1, 0.15) is 10.9 Å². The van der Waals surface area contributed by atoms with E-state index in [-0.39, 0.29) is 22.0 Å². The molecule has 0 aliphatic heterocycles. The van der Waals surface area contributed by atoms with Crippen molar-refractivity contribution in [1.29, 1.82) is 0 Å². The minimum Gasteiger partial charge on any atom is -0.508 e. The summed E-state index contributed by atoms with van der Waals surface area (Å²) < 4.78 is 0. The maximum atomic E-state index is 11.9. The van der Waals surface area contributed by atoms with Crippen LogP contribution in [0.5, 0.6) is 5.75 Å². The van der Waals surface area contributed by atoms with Gasteiger partial charge < -0.3 is 5.11 Å². The van der Waals surface area contributed by atoms with Crippen LogP contribution >= 0.6 is 11.6 Å². The molecule has 1 N–H and O–H groups in total. The fourth-order valence-corrected chi connectivity index (χ4v) is 1.59. The van der Waals surface area contributed by atoms with Gasteiger partial charge in [0.15, 0.2) is 0 Å². The molecule has 0 saturated heterocycles. The summed E-state index contributed by atoms with van der Waals surface area (Å²) in [5.41, 5.74) is 0.402. The average Bonchev–Trinajstić information content (AvgIpc) is 2.38. The topological polar surface area (TPSA) is 67.3 Å². The number of hydrogen-bond acceptors (Lipinski definition) is 4. The monoisotopic (exact) mass is 261 g/mol. The summed E-state index contributed by atoms with van der Waals surface area (Å²) in [5.74, 6) is -1.28. The number of Topliss-reactive ketones (excluding diaryl/α,β-unsaturated/α-hetero) is 2. The predicted molar refractivity (Wildman–Crippen MR) is 66.0 cm³/mol. The molecule has 0 aliphatic rings. The highest BCUT2D eigenvalue weighted by Crippen LogP contribution is 2.14. The molecule has 0 atom stereocenters. The quantitative estimate of drug-likeness (QED) is 0.524. The zero-order chi connectivity index (χ0) is 13.1. The second-order valence-electron chi connectivity index (χ2n) is 3.57. The van der Waals surface area contributed by atoms with Gasteiger partial charge in [0.2, 0.25) is 11.6 Å². The number of carbonyl (C=O) groups is 2. The highest BCUT2D eigenvalue weighted by molar-refractivity contribution is 6.49. The van der Waals surface area contributed by atoms with Crippen molar-refractivity contribution < 1.29 is 14.7 Å². The number of aromatic hydroxyl groups is 1. The molecule has 18 heavy (non-hydrogen) atoms. The first-order valence-electron chi connectivity index (χ1n) is 5.07. The summed E-state index contributed by atoms with van der Waals surface area (Å²) in [5, 5.41) is 9.26. The highest BCUT2D eigenvalue weighted by Gasteiger charge is 2.18. The van der Waals surface area contributed by atoms with Gasteiger partial charge in [0.05, 0.1) is 0 Å². The molecule has 0 radical (unpaired) electrons. The molecule has 2 aromatic rings. The number of nitrogens with zero attached hydrogens (tertiary/aromatic N) is 1. The van der Waals surface area contributed by atoms with Gasteiger partial charge in [0.25, 0.3) is 0 Å². The minimum atomic E-state index is -0.662. The van der Waals surface area contributed by atoms with Crippen LogP contribution in [0.25, 0.3) is 0 Å². The molecule has 2 rings (SSSR count). The van der Waals surface area contributed by atoms with E-state index in [4.69, 9.17) is 16.7 Å². The number of phenolic OH excluding ortho intramolecular Hbond substituents is 1. The third kappa shape index (κ3) is 2.55. The molecule has 0 unspecified atom stereocenters. The summed E-state index contributed by atoms with van der Waals surface area (Å²) in [7, 11) is 0. The number of pyridine rings is 1. The summed E-state index contributed by atoms with van der Waals surface area (Å²) in [6.45, 7) is 0. The number of ketones is 2. The zero-order valence-corrected chi connectivity index (χ0v) is 9.89. The van der Waals surface area contributed by atoms with Crippen LogP contribution in [-0.2, 0) is 0 Å². The zero-order valence-electron chi connectivity index (χ0n) is 9.13. The SMILES string of the molecule is O=C(C(=O)c1ccnc(Cl)c1)c1ccc(O)cc1. The fourth-order valence-electron chi connectivity index (χ4n) is 1.42. The molecule has 1 aromatic heterocycles. The van der Waals surface area contributed by atoms with Crippen LogP contribution in [0.15, 0.2) is 42.6 Å². The first-order chi connectivity index (χ1) is 8.58. The summed E-state index contributed by atoms with van der Waals surface area (Å²) >= 11 is 5.65. The van der Waals surface area contributed by atoms with Gasteiger partial charge in [-0.05, 0) is 36.4 Å². The lowest BCUT2D eigenvalue weighted by Gasteiger charge is -2.01. The molecule has 0 fully saturated rings. The van der Waals surface area contributed by atoms with Crippen molar-refractivity contribution >= 4 is 23.2 Å². The van der Waals surface area contributed by atoms with Crippen molar-refractivity contribution in [2.75, 3.05) is 0 Å². The maximum Gasteiger partial charge on any atom is 0.233 e. The van der Waals surface area contributed by atoms with Crippen molar-refractivity contribution in [3.05, 3.63) is 58.9 Å². The van der Waals surface area contributed by atoms with Gasteiger partial charge in [-0.25, -0.2) is 4.98 Å². The second-order valence-corrected chi connectivity index (χ2v) is 3.96. The Balaban J connectivity index is 2.29. The molecule has 1 heterocycles. The van der Waals surface area contributed by atoms with Crippen LogP contribution in [0.3, 0.4) is 0 Å². The first kappa shape index (κ1) is 12.3. The van der Waals surface area contributed by atoms with Crippen LogP contribution in [0.2, 0.25) is 5.15 Å². The maximum absolute atomic E-state index is 11.9. The average molecular weight is 262 g/mol. The smallest absolute Gasteiger partial charge is 0.233 e. The molecule has 4 nitrogen and oxygen atoms in total. The standard InChI is InChI=1S/C13H8ClNO3/c14-11-7-9(5-6-15-11)13(18)12(17)8-1-3-10(16)4-2-8/h1-7,16H. The lowest BCUT2D eigenvalue weighted by molar-refractivity contribution is 0.0817. The second kappa shape index (κ2) is 4.98. The lowest BCUT2D eigenvalue weighted by atomic mass is 10.0. The Morgan fingerprint density at radius 1 is 1.00 bits per heavy atom. The number of aromatic nitrogens is 1. The van der Waals surface area contributed by atoms with E-state index in [0.717, 1.165) is 0 Å². The van der Waals surface area contributed by atoms with Crippen LogP contribution in [0.1, 0.15) is 20.7 Å². The Hall–Kier alpha value is -2.20. The predicted octanol–water partition coefficient (Wildman–Crippen LogP) is 2.51. The van der Waals surface area contributed by atoms with Crippen molar-refractivity contribution in [3.8, 4) is 5.75 Å². The number of phenols is 1. The number of hydrogen-bond donors (Lipinski definition) is 1. The Morgan fingerprint density at radius 3 is 2.22 bits per heavy atom. The van der Waals surface area contributed by atoms with Crippen LogP contribution in [0, 0.1) is 0 Å². The van der Waals surface area contributed by atoms with Gasteiger partial charge in [0, 0.05) is 17.3 Å². The van der Waals surface area contributed by atoms with E-state index in [1.807, 2.05) is 0 Å². The third-order valence-electron chi connectivity index (χ3n) is 2.32. The van der Waals surface area contributed by atoms with E-state index in [1.165, 1.54) is 42.6 Å². The molecule has 90 valence electrons. The normalized spacial score (nSPS) is 10.1. The summed E-state index contributed by atoms with van der Waals surface area (Å²) in [6.07, 6.45) is 1.36. The number of benzene rings is 1. The van der Waals surface area contributed by atoms with Gasteiger partial charge >= 0.3 is 0 Å². The fraction of sp³-hybridized carbons (Fsp3) is 0. The van der Waals surface area contributed by atoms with Crippen LogP contribution < -0.4 is 0 Å². The minimum absolute atomic E-state index is 0.0333. The van der Waals surface area contributed by atoms with E-state index in [1.54, 1.807) is 0 Å². The largest absolute Gasteiger partial charge is 0.508 e. The van der Waals surface area contributed by atoms with Crippen molar-refractivity contribution in [3.63, 3.8) is 0 Å². The Labute approximate surface area is 108 Å². The highest BCUT2D eigenvalue weighted by atomic mass is 35.5. The summed E-state index contributed by atoms with van der Waals surface area (Å²) in [6, 6.07) is 8.23. The number of halogens is 1. The van der Waals surface area contributed by atoms with Gasteiger partial charge in [-0.1, -0.05) is 11.6 Å². The molecule has 5 heteroatoms. The van der Waals surface area contributed by atoms with Crippen LogP contribution in [0.4, 0.5) is 0 Å². The summed E-state index contributed by atoms with van der Waals surface area (Å²) in [4.78, 5) is 27.5. The molecule has 0 aliphatic carbocycles. The Kier molecular flexibility index (Phi) is 3.39. The van der Waals surface area contributed by atoms with Gasteiger partial charge in [-0.2, -0.15) is 0 Å². The Bertz CT molecular complexity index is 608. The molecular weight excluding hydrogens is 254 g/mol. The molecule has 0 spiro atoms. The molecule has 1 aromatic carbocycles. The number of carbonyl (C=O) groups excluding carboxylic acids is 2. The van der Waals surface area contributed by atoms with E-state index in [9.17, 15) is 9.59 Å². The molecule has 0 bridgehead atoms. The van der Waals surface area contributed by atoms with E-state index in [0.29, 0.717) is 0 Å². The van der Waals surface area contributed by atoms with Gasteiger partial charge in [-0.15, -0.1) is 0 Å².